The summed E-state index contributed by atoms with van der Waals surface area (Å²) in [7, 11) is 1.62. The molecule has 196 valence electrons. The molecule has 1 aliphatic rings. The summed E-state index contributed by atoms with van der Waals surface area (Å²) >= 11 is 0. The molecule has 3 aromatic rings. The first kappa shape index (κ1) is 26.3. The monoisotopic (exact) mass is 504 g/mol. The van der Waals surface area contributed by atoms with Gasteiger partial charge >= 0.3 is 6.09 Å². The zero-order valence-electron chi connectivity index (χ0n) is 22.3. The van der Waals surface area contributed by atoms with Crippen molar-refractivity contribution in [3.63, 3.8) is 0 Å². The van der Waals surface area contributed by atoms with Crippen molar-refractivity contribution in [3.05, 3.63) is 77.1 Å². The second kappa shape index (κ2) is 11.1. The Morgan fingerprint density at radius 3 is 2.49 bits per heavy atom. The molecule has 1 saturated heterocycles. The molecule has 2 heterocycles. The molecule has 1 fully saturated rings. The molecule has 0 aliphatic carbocycles. The topological polar surface area (TPSA) is 85.7 Å². The van der Waals surface area contributed by atoms with Crippen LogP contribution >= 0.6 is 0 Å². The summed E-state index contributed by atoms with van der Waals surface area (Å²) < 4.78 is 12.9. The summed E-state index contributed by atoms with van der Waals surface area (Å²) in [4.78, 5) is 27.8. The van der Waals surface area contributed by atoms with Crippen molar-refractivity contribution in [1.82, 2.24) is 20.0 Å². The Bertz CT molecular complexity index is 1250. The Morgan fingerprint density at radius 1 is 1.08 bits per heavy atom. The average molecular weight is 505 g/mol. The number of hydrogen-bond acceptors (Lipinski definition) is 5. The molecule has 0 saturated carbocycles. The number of aryl methyl sites for hydroxylation is 1. The fourth-order valence-corrected chi connectivity index (χ4v) is 4.67. The van der Waals surface area contributed by atoms with Crippen LogP contribution in [-0.2, 0) is 11.3 Å². The van der Waals surface area contributed by atoms with Crippen LogP contribution < -0.4 is 10.1 Å². The van der Waals surface area contributed by atoms with Gasteiger partial charge in [-0.2, -0.15) is 5.10 Å². The van der Waals surface area contributed by atoms with Crippen LogP contribution in [0.2, 0.25) is 0 Å². The van der Waals surface area contributed by atoms with Crippen LogP contribution in [0, 0.1) is 6.92 Å². The minimum atomic E-state index is -0.537. The molecule has 0 unspecified atom stereocenters. The number of carbonyl (C=O) groups excluding carboxylic acids is 2. The lowest BCUT2D eigenvalue weighted by Crippen LogP contribution is -2.41. The van der Waals surface area contributed by atoms with Gasteiger partial charge in [0.05, 0.1) is 30.3 Å². The van der Waals surface area contributed by atoms with E-state index < -0.39 is 5.60 Å². The zero-order chi connectivity index (χ0) is 26.6. The van der Waals surface area contributed by atoms with Crippen molar-refractivity contribution in [2.24, 2.45) is 0 Å². The fourth-order valence-electron chi connectivity index (χ4n) is 4.67. The maximum Gasteiger partial charge on any atom is 0.410 e. The van der Waals surface area contributed by atoms with Crippen LogP contribution in [-0.4, -0.2) is 52.5 Å². The molecular weight excluding hydrogens is 468 g/mol. The van der Waals surface area contributed by atoms with Gasteiger partial charge < -0.3 is 19.7 Å². The predicted octanol–water partition coefficient (Wildman–Crippen LogP) is 5.23. The number of rotatable bonds is 6. The van der Waals surface area contributed by atoms with Gasteiger partial charge in [0.1, 0.15) is 11.4 Å². The first-order chi connectivity index (χ1) is 17.7. The number of nitrogens with one attached hydrogen (secondary N) is 1. The number of amides is 2. The SMILES string of the molecule is COc1ccccc1CNC(=O)c1cnn(-c2cccc(C)c2)c1C1CCN(C(=O)OC(C)(C)C)CC1. The lowest BCUT2D eigenvalue weighted by atomic mass is 9.90. The van der Waals surface area contributed by atoms with E-state index in [1.165, 1.54) is 0 Å². The first-order valence-electron chi connectivity index (χ1n) is 12.7. The van der Waals surface area contributed by atoms with E-state index in [-0.39, 0.29) is 17.9 Å². The van der Waals surface area contributed by atoms with Gasteiger partial charge in [-0.25, -0.2) is 9.48 Å². The summed E-state index contributed by atoms with van der Waals surface area (Å²) in [6, 6.07) is 15.7. The maximum absolute atomic E-state index is 13.4. The van der Waals surface area contributed by atoms with Gasteiger partial charge in [0, 0.05) is 31.1 Å². The number of para-hydroxylation sites is 1. The van der Waals surface area contributed by atoms with E-state index in [9.17, 15) is 9.59 Å². The number of aromatic nitrogens is 2. The molecule has 4 rings (SSSR count). The Hall–Kier alpha value is -3.81. The molecule has 1 aromatic heterocycles. The lowest BCUT2D eigenvalue weighted by Gasteiger charge is -2.34. The third-order valence-electron chi connectivity index (χ3n) is 6.46. The number of ether oxygens (including phenoxy) is 2. The van der Waals surface area contributed by atoms with Crippen molar-refractivity contribution in [3.8, 4) is 11.4 Å². The molecule has 2 aromatic carbocycles. The summed E-state index contributed by atoms with van der Waals surface area (Å²) in [5.74, 6) is 0.607. The molecular formula is C29H36N4O4. The van der Waals surface area contributed by atoms with Gasteiger partial charge in [0.25, 0.3) is 5.91 Å². The first-order valence-corrected chi connectivity index (χ1v) is 12.7. The highest BCUT2D eigenvalue weighted by Crippen LogP contribution is 2.33. The van der Waals surface area contributed by atoms with E-state index in [1.54, 1.807) is 18.2 Å². The van der Waals surface area contributed by atoms with Crippen LogP contribution in [0.15, 0.2) is 54.7 Å². The van der Waals surface area contributed by atoms with Crippen LogP contribution in [0.3, 0.4) is 0 Å². The van der Waals surface area contributed by atoms with Gasteiger partial charge in [-0.15, -0.1) is 0 Å². The highest BCUT2D eigenvalue weighted by atomic mass is 16.6. The van der Waals surface area contributed by atoms with Gasteiger partial charge in [0.15, 0.2) is 0 Å². The highest BCUT2D eigenvalue weighted by Gasteiger charge is 2.32. The maximum atomic E-state index is 13.4. The number of hydrogen-bond donors (Lipinski definition) is 1. The second-order valence-corrected chi connectivity index (χ2v) is 10.4. The van der Waals surface area contributed by atoms with Crippen LogP contribution in [0.4, 0.5) is 4.79 Å². The van der Waals surface area contributed by atoms with Gasteiger partial charge in [0.2, 0.25) is 0 Å². The number of methoxy groups -OCH3 is 1. The van der Waals surface area contributed by atoms with Crippen LogP contribution in [0.5, 0.6) is 5.75 Å². The summed E-state index contributed by atoms with van der Waals surface area (Å²) in [5, 5.41) is 7.68. The Balaban J connectivity index is 1.58. The van der Waals surface area contributed by atoms with Crippen LogP contribution in [0.25, 0.3) is 5.69 Å². The summed E-state index contributed by atoms with van der Waals surface area (Å²) in [6.45, 7) is 9.10. The Kier molecular flexibility index (Phi) is 7.86. The molecule has 0 radical (unpaired) electrons. The largest absolute Gasteiger partial charge is 0.496 e. The quantitative estimate of drug-likeness (QED) is 0.497. The van der Waals surface area contributed by atoms with Crippen molar-refractivity contribution in [2.45, 2.75) is 58.6 Å². The normalized spacial score (nSPS) is 14.4. The highest BCUT2D eigenvalue weighted by molar-refractivity contribution is 5.95. The molecule has 8 nitrogen and oxygen atoms in total. The smallest absolute Gasteiger partial charge is 0.410 e. The van der Waals surface area contributed by atoms with Crippen molar-refractivity contribution in [1.29, 1.82) is 0 Å². The van der Waals surface area contributed by atoms with E-state index in [1.807, 2.05) is 74.8 Å². The minimum Gasteiger partial charge on any atom is -0.496 e. The minimum absolute atomic E-state index is 0.0636. The fraction of sp³-hybridized carbons (Fsp3) is 0.414. The molecule has 1 aliphatic heterocycles. The van der Waals surface area contributed by atoms with Gasteiger partial charge in [-0.1, -0.05) is 30.3 Å². The molecule has 2 amide bonds. The lowest BCUT2D eigenvalue weighted by molar-refractivity contribution is 0.0203. The van der Waals surface area contributed by atoms with E-state index >= 15 is 0 Å². The number of likely N-dealkylation sites (tertiary alicyclic amines) is 1. The van der Waals surface area contributed by atoms with E-state index in [0.29, 0.717) is 38.0 Å². The standard InChI is InChI=1S/C29H36N4O4/c1-20-9-8-11-23(17-20)33-26(21-13-15-32(16-14-21)28(35)37-29(2,3)4)24(19-31-33)27(34)30-18-22-10-6-7-12-25(22)36-5/h6-12,17,19,21H,13-16,18H2,1-5H3,(H,30,34). The number of nitrogens with zero attached hydrogens (tertiary/aromatic N) is 3. The molecule has 0 spiro atoms. The number of carbonyl (C=O) groups is 2. The van der Waals surface area contributed by atoms with Gasteiger partial charge in [-0.3, -0.25) is 4.79 Å². The molecule has 0 bridgehead atoms. The summed E-state index contributed by atoms with van der Waals surface area (Å²) in [6.07, 6.45) is 2.77. The molecule has 0 atom stereocenters. The zero-order valence-corrected chi connectivity index (χ0v) is 22.3. The predicted molar refractivity (Wildman–Crippen MR) is 142 cm³/mol. The average Bonchev–Trinajstić information content (AvgIpc) is 3.32. The van der Waals surface area contributed by atoms with Crippen LogP contribution in [0.1, 0.15) is 66.7 Å². The third-order valence-corrected chi connectivity index (χ3v) is 6.46. The van der Waals surface area contributed by atoms with E-state index in [4.69, 9.17) is 9.47 Å². The number of piperidine rings is 1. The molecule has 1 N–H and O–H groups in total. The molecule has 8 heteroatoms. The third kappa shape index (κ3) is 6.31. The number of benzene rings is 2. The Labute approximate surface area is 218 Å². The van der Waals surface area contributed by atoms with E-state index in [0.717, 1.165) is 28.3 Å². The van der Waals surface area contributed by atoms with Crippen molar-refractivity contribution in [2.75, 3.05) is 20.2 Å². The van der Waals surface area contributed by atoms with E-state index in [2.05, 4.69) is 16.5 Å². The van der Waals surface area contributed by atoms with Crippen molar-refractivity contribution < 1.29 is 19.1 Å². The Morgan fingerprint density at radius 2 is 1.81 bits per heavy atom. The second-order valence-electron chi connectivity index (χ2n) is 10.4. The van der Waals surface area contributed by atoms with Gasteiger partial charge in [-0.05, 0) is 64.3 Å². The summed E-state index contributed by atoms with van der Waals surface area (Å²) in [5.41, 5.74) is 3.80. The molecule has 37 heavy (non-hydrogen) atoms. The van der Waals surface area contributed by atoms with Crippen molar-refractivity contribution >= 4 is 12.0 Å².